The number of hydrogen-bond donors (Lipinski definition) is 5. The number of aliphatic hydroxyl groups is 1. The zero-order valence-corrected chi connectivity index (χ0v) is 19.8. The van der Waals surface area contributed by atoms with E-state index < -0.39 is 17.9 Å². The lowest BCUT2D eigenvalue weighted by Gasteiger charge is -2.20. The molecule has 0 saturated carbocycles. The standard InChI is InChI=1S/C26H28N4O5/c1-14-5-4-6-20-22(14)19(11-12-28-20)24(32)29-18-9-7-17(8-10-18)13-21(26(34)35)30-25(33)23(15(2)27)16(3)31/h4,6-12,14,21,27,31H,5,13H2,1-3H3,(H,29,32)(H,30,33)(H,34,35)/b23-16+,27-15?. The number of fused-ring (bicyclic) bond motifs is 1. The van der Waals surface area contributed by atoms with Crippen molar-refractivity contribution in [3.63, 3.8) is 0 Å². The first-order chi connectivity index (χ1) is 16.6. The summed E-state index contributed by atoms with van der Waals surface area (Å²) in [5, 5.41) is 32.0. The molecule has 0 fully saturated rings. The summed E-state index contributed by atoms with van der Waals surface area (Å²) in [6.07, 6.45) is 6.39. The first kappa shape index (κ1) is 25.4. The highest BCUT2D eigenvalue weighted by Gasteiger charge is 2.25. The number of aliphatic carboxylic acids is 1. The number of benzene rings is 1. The Kier molecular flexibility index (Phi) is 7.80. The van der Waals surface area contributed by atoms with Gasteiger partial charge in [0.25, 0.3) is 11.8 Å². The van der Waals surface area contributed by atoms with Gasteiger partial charge in [-0.1, -0.05) is 25.1 Å². The predicted molar refractivity (Wildman–Crippen MR) is 133 cm³/mol. The second kappa shape index (κ2) is 10.8. The molecule has 1 aliphatic rings. The number of pyridine rings is 1. The van der Waals surface area contributed by atoms with E-state index in [-0.39, 0.29) is 35.3 Å². The van der Waals surface area contributed by atoms with Gasteiger partial charge in [0.2, 0.25) is 0 Å². The highest BCUT2D eigenvalue weighted by Crippen LogP contribution is 2.31. The summed E-state index contributed by atoms with van der Waals surface area (Å²) in [6.45, 7) is 4.64. The zero-order chi connectivity index (χ0) is 25.7. The number of rotatable bonds is 8. The summed E-state index contributed by atoms with van der Waals surface area (Å²) in [4.78, 5) is 41.4. The molecular weight excluding hydrogens is 448 g/mol. The maximum absolute atomic E-state index is 12.9. The third-order valence-corrected chi connectivity index (χ3v) is 5.74. The number of carbonyl (C=O) groups is 3. The molecule has 1 aliphatic carbocycles. The number of amides is 2. The minimum absolute atomic E-state index is 0.0220. The molecule has 0 saturated heterocycles. The lowest BCUT2D eigenvalue weighted by molar-refractivity contribution is -0.141. The maximum Gasteiger partial charge on any atom is 0.326 e. The average molecular weight is 477 g/mol. The maximum atomic E-state index is 12.9. The van der Waals surface area contributed by atoms with E-state index in [1.807, 2.05) is 12.2 Å². The van der Waals surface area contributed by atoms with Gasteiger partial charge in [-0.3, -0.25) is 14.6 Å². The largest absolute Gasteiger partial charge is 0.512 e. The second-order valence-corrected chi connectivity index (χ2v) is 8.50. The number of aliphatic hydroxyl groups excluding tert-OH is 1. The van der Waals surface area contributed by atoms with Crippen LogP contribution in [0.5, 0.6) is 0 Å². The lowest BCUT2D eigenvalue weighted by atomic mass is 9.87. The fourth-order valence-corrected chi connectivity index (χ4v) is 4.03. The van der Waals surface area contributed by atoms with Crippen LogP contribution in [0.2, 0.25) is 0 Å². The Morgan fingerprint density at radius 1 is 1.14 bits per heavy atom. The minimum Gasteiger partial charge on any atom is -0.512 e. The summed E-state index contributed by atoms with van der Waals surface area (Å²) in [7, 11) is 0. The molecule has 0 spiro atoms. The molecule has 2 unspecified atom stereocenters. The third kappa shape index (κ3) is 6.00. The summed E-state index contributed by atoms with van der Waals surface area (Å²) < 4.78 is 0. The Morgan fingerprint density at radius 2 is 1.83 bits per heavy atom. The molecule has 9 nitrogen and oxygen atoms in total. The van der Waals surface area contributed by atoms with Gasteiger partial charge < -0.3 is 26.3 Å². The van der Waals surface area contributed by atoms with Crippen LogP contribution in [-0.4, -0.2) is 44.7 Å². The van der Waals surface area contributed by atoms with E-state index in [1.165, 1.54) is 13.8 Å². The van der Waals surface area contributed by atoms with Gasteiger partial charge in [-0.05, 0) is 61.6 Å². The fraction of sp³-hybridized carbons (Fsp3) is 0.269. The van der Waals surface area contributed by atoms with Gasteiger partial charge in [-0.2, -0.15) is 0 Å². The number of carbonyl (C=O) groups excluding carboxylic acids is 2. The molecule has 0 radical (unpaired) electrons. The van der Waals surface area contributed by atoms with Crippen molar-refractivity contribution < 1.29 is 24.6 Å². The van der Waals surface area contributed by atoms with Crippen LogP contribution in [0.25, 0.3) is 6.08 Å². The van der Waals surface area contributed by atoms with E-state index in [4.69, 9.17) is 5.41 Å². The average Bonchev–Trinajstić information content (AvgIpc) is 2.79. The van der Waals surface area contributed by atoms with E-state index in [0.29, 0.717) is 16.8 Å². The molecular formula is C26H28N4O5. The highest BCUT2D eigenvalue weighted by atomic mass is 16.4. The van der Waals surface area contributed by atoms with Gasteiger partial charge in [0.15, 0.2) is 0 Å². The monoisotopic (exact) mass is 476 g/mol. The van der Waals surface area contributed by atoms with Crippen LogP contribution in [0.15, 0.2) is 53.9 Å². The number of hydrogen-bond acceptors (Lipinski definition) is 6. The Morgan fingerprint density at radius 3 is 2.43 bits per heavy atom. The number of nitrogens with zero attached hydrogens (tertiary/aromatic N) is 1. The number of anilines is 1. The highest BCUT2D eigenvalue weighted by molar-refractivity contribution is 6.20. The Hall–Kier alpha value is -4.27. The molecule has 2 atom stereocenters. The summed E-state index contributed by atoms with van der Waals surface area (Å²) >= 11 is 0. The van der Waals surface area contributed by atoms with Crippen LogP contribution in [0.4, 0.5) is 5.69 Å². The molecule has 1 heterocycles. The van der Waals surface area contributed by atoms with Gasteiger partial charge in [-0.15, -0.1) is 0 Å². The zero-order valence-electron chi connectivity index (χ0n) is 19.8. The first-order valence-electron chi connectivity index (χ1n) is 11.1. The van der Waals surface area contributed by atoms with Crippen molar-refractivity contribution in [2.24, 2.45) is 0 Å². The lowest BCUT2D eigenvalue weighted by Crippen LogP contribution is -2.44. The van der Waals surface area contributed by atoms with E-state index in [9.17, 15) is 24.6 Å². The van der Waals surface area contributed by atoms with Gasteiger partial charge in [0, 0.05) is 29.6 Å². The fourth-order valence-electron chi connectivity index (χ4n) is 4.03. The molecule has 1 aromatic carbocycles. The second-order valence-electron chi connectivity index (χ2n) is 8.50. The van der Waals surface area contributed by atoms with Crippen LogP contribution in [-0.2, 0) is 16.0 Å². The van der Waals surface area contributed by atoms with Crippen molar-refractivity contribution >= 4 is 35.3 Å². The van der Waals surface area contributed by atoms with Crippen molar-refractivity contribution in [2.45, 2.75) is 45.6 Å². The molecule has 2 aromatic rings. The van der Waals surface area contributed by atoms with Gasteiger partial charge in [-0.25, -0.2) is 4.79 Å². The number of allylic oxidation sites excluding steroid dienone is 2. The SMILES string of the molecule is CC(=N)/C(C(=O)NC(Cc1ccc(NC(=O)c2ccnc3c2C(C)CC=C3)cc1)C(=O)O)=C(/C)O. The topological polar surface area (TPSA) is 152 Å². The molecule has 0 aliphatic heterocycles. The molecule has 35 heavy (non-hydrogen) atoms. The minimum atomic E-state index is -1.27. The predicted octanol–water partition coefficient (Wildman–Crippen LogP) is 3.84. The quantitative estimate of drug-likeness (QED) is 0.222. The number of carboxylic acid groups (broad SMARTS) is 1. The van der Waals surface area contributed by atoms with E-state index in [1.54, 1.807) is 36.5 Å². The smallest absolute Gasteiger partial charge is 0.326 e. The van der Waals surface area contributed by atoms with Crippen LogP contribution in [0, 0.1) is 5.41 Å². The summed E-state index contributed by atoms with van der Waals surface area (Å²) in [5.41, 5.74) is 2.99. The third-order valence-electron chi connectivity index (χ3n) is 5.74. The molecule has 5 N–H and O–H groups in total. The molecule has 182 valence electrons. The van der Waals surface area contributed by atoms with Crippen molar-refractivity contribution in [3.8, 4) is 0 Å². The van der Waals surface area contributed by atoms with E-state index in [0.717, 1.165) is 17.7 Å². The summed E-state index contributed by atoms with van der Waals surface area (Å²) in [6, 6.07) is 7.09. The Bertz CT molecular complexity index is 1230. The molecule has 2 amide bonds. The Labute approximate surface area is 203 Å². The van der Waals surface area contributed by atoms with Crippen LogP contribution < -0.4 is 10.6 Å². The van der Waals surface area contributed by atoms with Gasteiger partial charge in [0.1, 0.15) is 11.8 Å². The van der Waals surface area contributed by atoms with Crippen LogP contribution in [0.1, 0.15) is 60.3 Å². The first-order valence-corrected chi connectivity index (χ1v) is 11.1. The Balaban J connectivity index is 1.71. The van der Waals surface area contributed by atoms with Crippen LogP contribution in [0.3, 0.4) is 0 Å². The molecule has 3 rings (SSSR count). The molecule has 1 aromatic heterocycles. The van der Waals surface area contributed by atoms with Crippen molar-refractivity contribution in [1.29, 1.82) is 5.41 Å². The number of aromatic nitrogens is 1. The molecule has 9 heteroatoms. The van der Waals surface area contributed by atoms with Crippen LogP contribution >= 0.6 is 0 Å². The molecule has 0 bridgehead atoms. The summed E-state index contributed by atoms with van der Waals surface area (Å²) in [5.74, 6) is -2.52. The van der Waals surface area contributed by atoms with Gasteiger partial charge in [0.05, 0.1) is 11.3 Å². The van der Waals surface area contributed by atoms with Gasteiger partial charge >= 0.3 is 5.97 Å². The van der Waals surface area contributed by atoms with E-state index >= 15 is 0 Å². The van der Waals surface area contributed by atoms with Crippen molar-refractivity contribution in [2.75, 3.05) is 5.32 Å². The number of nitrogens with one attached hydrogen (secondary N) is 3. The number of carboxylic acids is 1. The van der Waals surface area contributed by atoms with Crippen molar-refractivity contribution in [3.05, 3.63) is 76.3 Å². The van der Waals surface area contributed by atoms with Crippen molar-refractivity contribution in [1.82, 2.24) is 10.3 Å². The van der Waals surface area contributed by atoms with E-state index in [2.05, 4.69) is 22.5 Å². The normalized spacial score (nSPS) is 15.9.